The molecule has 0 spiro atoms. The zero-order valence-corrected chi connectivity index (χ0v) is 14.9. The molecule has 8 nitrogen and oxygen atoms in total. The Labute approximate surface area is 142 Å². The van der Waals surface area contributed by atoms with Crippen LogP contribution in [0.2, 0.25) is 0 Å². The summed E-state index contributed by atoms with van der Waals surface area (Å²) in [4.78, 5) is 22.7. The first-order valence-electron chi connectivity index (χ1n) is 6.07. The molecule has 2 N–H and O–H groups in total. The van der Waals surface area contributed by atoms with Gasteiger partial charge in [0.25, 0.3) is 0 Å². The lowest BCUT2D eigenvalue weighted by molar-refractivity contribution is -0.114. The Hall–Kier alpha value is -1.24. The Kier molecular flexibility index (Phi) is 6.54. The Morgan fingerprint density at radius 1 is 1.00 bits per heavy atom. The number of amides is 2. The number of hydrogen-bond donors (Lipinski definition) is 2. The van der Waals surface area contributed by atoms with Gasteiger partial charge in [0.15, 0.2) is 8.68 Å². The van der Waals surface area contributed by atoms with E-state index in [0.717, 1.165) is 10.1 Å². The molecule has 2 aromatic rings. The predicted molar refractivity (Wildman–Crippen MR) is 89.9 cm³/mol. The molecule has 0 radical (unpaired) electrons. The van der Waals surface area contributed by atoms with Crippen LogP contribution in [0.25, 0.3) is 0 Å². The van der Waals surface area contributed by atoms with E-state index < -0.39 is 0 Å². The number of rotatable bonds is 7. The van der Waals surface area contributed by atoms with E-state index >= 15 is 0 Å². The second-order valence-corrected chi connectivity index (χ2v) is 8.39. The largest absolute Gasteiger partial charge is 0.301 e. The molecule has 0 unspecified atom stereocenters. The summed E-state index contributed by atoms with van der Waals surface area (Å²) in [6, 6.07) is 0. The average molecular weight is 377 g/mol. The molecule has 12 heteroatoms. The van der Waals surface area contributed by atoms with Gasteiger partial charge in [-0.1, -0.05) is 53.1 Å². The van der Waals surface area contributed by atoms with Crippen molar-refractivity contribution in [1.29, 1.82) is 0 Å². The van der Waals surface area contributed by atoms with Gasteiger partial charge in [-0.2, -0.15) is 0 Å². The van der Waals surface area contributed by atoms with Gasteiger partial charge in [-0.15, -0.1) is 20.4 Å². The minimum Gasteiger partial charge on any atom is -0.301 e. The van der Waals surface area contributed by atoms with E-state index in [1.165, 1.54) is 41.4 Å². The van der Waals surface area contributed by atoms with Gasteiger partial charge < -0.3 is 5.32 Å². The van der Waals surface area contributed by atoms with Crippen LogP contribution in [0.1, 0.15) is 13.8 Å². The highest BCUT2D eigenvalue weighted by Gasteiger charge is 2.11. The maximum atomic E-state index is 11.8. The molecule has 118 valence electrons. The van der Waals surface area contributed by atoms with Crippen LogP contribution in [0.4, 0.5) is 10.3 Å². The van der Waals surface area contributed by atoms with Crippen molar-refractivity contribution < 1.29 is 9.59 Å². The third-order valence-corrected chi connectivity index (χ3v) is 5.76. The molecular weight excluding hydrogens is 364 g/mol. The van der Waals surface area contributed by atoms with E-state index in [-0.39, 0.29) is 17.6 Å². The molecule has 0 saturated carbocycles. The maximum absolute atomic E-state index is 11.8. The third kappa shape index (κ3) is 5.51. The van der Waals surface area contributed by atoms with Crippen molar-refractivity contribution in [2.75, 3.05) is 22.1 Å². The number of aromatic nitrogens is 4. The number of hydrogen-bond acceptors (Lipinski definition) is 10. The number of nitrogens with zero attached hydrogens (tertiary/aromatic N) is 4. The van der Waals surface area contributed by atoms with E-state index in [1.54, 1.807) is 11.8 Å². The fourth-order valence-electron chi connectivity index (χ4n) is 1.19. The van der Waals surface area contributed by atoms with Gasteiger partial charge >= 0.3 is 0 Å². The highest BCUT2D eigenvalue weighted by molar-refractivity contribution is 8.01. The second-order valence-electron chi connectivity index (χ2n) is 3.70. The summed E-state index contributed by atoms with van der Waals surface area (Å²) >= 11 is 5.39. The first-order valence-corrected chi connectivity index (χ1v) is 9.67. The van der Waals surface area contributed by atoms with Gasteiger partial charge in [0.05, 0.1) is 5.75 Å². The Bertz CT molecular complexity index is 657. The molecule has 0 aliphatic heterocycles. The molecule has 0 aliphatic rings. The number of carbonyl (C=O) groups is 2. The van der Waals surface area contributed by atoms with Crippen LogP contribution in [0.15, 0.2) is 8.68 Å². The zero-order chi connectivity index (χ0) is 15.9. The highest BCUT2D eigenvalue weighted by Crippen LogP contribution is 2.27. The smallest absolute Gasteiger partial charge is 0.236 e. The number of carbonyl (C=O) groups excluding carboxylic acids is 2. The SMILES string of the molecule is CCSc1nnc(NC(=O)CSc2nnc(NC(C)=O)s2)s1. The van der Waals surface area contributed by atoms with Crippen LogP contribution in [-0.2, 0) is 9.59 Å². The molecule has 0 aromatic carbocycles. The zero-order valence-electron chi connectivity index (χ0n) is 11.7. The average Bonchev–Trinajstić information content (AvgIpc) is 3.06. The Balaban J connectivity index is 1.79. The molecular formula is C10H12N6O2S4. The van der Waals surface area contributed by atoms with Gasteiger partial charge in [0.2, 0.25) is 22.1 Å². The van der Waals surface area contributed by atoms with E-state index in [2.05, 4.69) is 31.0 Å². The summed E-state index contributed by atoms with van der Waals surface area (Å²) in [6.07, 6.45) is 0. The Morgan fingerprint density at radius 3 is 2.18 bits per heavy atom. The molecule has 0 saturated heterocycles. The molecule has 2 heterocycles. The number of thioether (sulfide) groups is 2. The quantitative estimate of drug-likeness (QED) is 0.559. The van der Waals surface area contributed by atoms with Gasteiger partial charge in [0.1, 0.15) is 0 Å². The fourth-order valence-corrected chi connectivity index (χ4v) is 4.46. The fraction of sp³-hybridized carbons (Fsp3) is 0.400. The molecule has 2 rings (SSSR count). The highest BCUT2D eigenvalue weighted by atomic mass is 32.2. The summed E-state index contributed by atoms with van der Waals surface area (Å²) in [5.74, 6) is 0.698. The second kappa shape index (κ2) is 8.41. The van der Waals surface area contributed by atoms with Crippen LogP contribution in [0.5, 0.6) is 0 Å². The van der Waals surface area contributed by atoms with E-state index in [1.807, 2.05) is 6.92 Å². The monoisotopic (exact) mass is 376 g/mol. The van der Waals surface area contributed by atoms with Crippen molar-refractivity contribution in [3.63, 3.8) is 0 Å². The summed E-state index contributed by atoms with van der Waals surface area (Å²) in [5.41, 5.74) is 0. The van der Waals surface area contributed by atoms with Crippen LogP contribution in [-0.4, -0.2) is 43.7 Å². The van der Waals surface area contributed by atoms with Crippen LogP contribution < -0.4 is 10.6 Å². The first-order chi connectivity index (χ1) is 10.6. The minimum atomic E-state index is -0.206. The van der Waals surface area contributed by atoms with Gasteiger partial charge in [-0.25, -0.2) is 0 Å². The number of anilines is 2. The lowest BCUT2D eigenvalue weighted by Crippen LogP contribution is -2.13. The summed E-state index contributed by atoms with van der Waals surface area (Å²) in [7, 11) is 0. The first kappa shape index (κ1) is 17.1. The van der Waals surface area contributed by atoms with Crippen molar-refractivity contribution in [3.05, 3.63) is 0 Å². The van der Waals surface area contributed by atoms with Crippen molar-refractivity contribution in [2.24, 2.45) is 0 Å². The summed E-state index contributed by atoms with van der Waals surface area (Å²) < 4.78 is 1.44. The van der Waals surface area contributed by atoms with Crippen molar-refractivity contribution >= 4 is 68.3 Å². The molecule has 0 bridgehead atoms. The van der Waals surface area contributed by atoms with Crippen LogP contribution in [0.3, 0.4) is 0 Å². The minimum absolute atomic E-state index is 0.185. The maximum Gasteiger partial charge on any atom is 0.236 e. The number of nitrogens with one attached hydrogen (secondary N) is 2. The van der Waals surface area contributed by atoms with Gasteiger partial charge in [-0.05, 0) is 5.75 Å². The lowest BCUT2D eigenvalue weighted by Gasteiger charge is -1.98. The van der Waals surface area contributed by atoms with Gasteiger partial charge in [-0.3, -0.25) is 14.9 Å². The third-order valence-electron chi connectivity index (χ3n) is 1.94. The van der Waals surface area contributed by atoms with E-state index in [0.29, 0.717) is 14.6 Å². The van der Waals surface area contributed by atoms with Crippen LogP contribution in [0, 0.1) is 0 Å². The van der Waals surface area contributed by atoms with Crippen molar-refractivity contribution in [1.82, 2.24) is 20.4 Å². The van der Waals surface area contributed by atoms with Gasteiger partial charge in [0, 0.05) is 6.92 Å². The molecule has 22 heavy (non-hydrogen) atoms. The topological polar surface area (TPSA) is 110 Å². The van der Waals surface area contributed by atoms with E-state index in [4.69, 9.17) is 0 Å². The van der Waals surface area contributed by atoms with E-state index in [9.17, 15) is 9.59 Å². The molecule has 0 fully saturated rings. The molecule has 0 atom stereocenters. The molecule has 2 amide bonds. The summed E-state index contributed by atoms with van der Waals surface area (Å²) in [5, 5.41) is 21.7. The normalized spacial score (nSPS) is 10.5. The lowest BCUT2D eigenvalue weighted by atomic mass is 10.7. The summed E-state index contributed by atoms with van der Waals surface area (Å²) in [6.45, 7) is 3.42. The van der Waals surface area contributed by atoms with Crippen LogP contribution >= 0.6 is 46.2 Å². The standard InChI is InChI=1S/C10H12N6O2S4/c1-3-19-9-15-14-8(22-9)12-6(18)4-20-10-16-13-7(21-10)11-5(2)17/h3-4H2,1-2H3,(H,11,13,17)(H,12,14,18). The molecule has 2 aromatic heterocycles. The molecule has 0 aliphatic carbocycles. The van der Waals surface area contributed by atoms with Crippen molar-refractivity contribution in [2.45, 2.75) is 22.5 Å². The Morgan fingerprint density at radius 2 is 1.59 bits per heavy atom. The predicted octanol–water partition coefficient (Wildman–Crippen LogP) is 2.19. The van der Waals surface area contributed by atoms with Crippen molar-refractivity contribution in [3.8, 4) is 0 Å².